The summed E-state index contributed by atoms with van der Waals surface area (Å²) in [5, 5.41) is 45.4. The molecule has 0 aromatic heterocycles. The Morgan fingerprint density at radius 3 is 0.940 bits per heavy atom. The van der Waals surface area contributed by atoms with E-state index in [1.54, 1.807) is 92.0 Å². The van der Waals surface area contributed by atoms with Crippen LogP contribution in [0.25, 0.3) is 0 Å². The van der Waals surface area contributed by atoms with Crippen LogP contribution < -0.4 is 4.74 Å². The summed E-state index contributed by atoms with van der Waals surface area (Å²) >= 11 is 0. The topological polar surface area (TPSA) is 264 Å². The van der Waals surface area contributed by atoms with Gasteiger partial charge in [-0.15, -0.1) is 0 Å². The van der Waals surface area contributed by atoms with Crippen LogP contribution in [-0.2, 0) is 25.7 Å². The Hall–Kier alpha value is -10.4. The van der Waals surface area contributed by atoms with Gasteiger partial charge in [0.05, 0.1) is 34.9 Å². The average Bonchev–Trinajstić information content (AvgIpc) is 3.51. The molecular weight excluding hydrogens is 1060 g/mol. The first-order valence-electron chi connectivity index (χ1n) is 26.2. The fraction of sp³-hybridized carbons (Fsp3) is 0.162. The van der Waals surface area contributed by atoms with E-state index in [1.165, 1.54) is 42.0 Å². The zero-order valence-corrected chi connectivity index (χ0v) is 46.0. The molecule has 0 amide bonds. The summed E-state index contributed by atoms with van der Waals surface area (Å²) < 4.78 is 5.07. The normalized spacial score (nSPS) is 10.2. The second-order valence-corrected chi connectivity index (χ2v) is 18.9. The van der Waals surface area contributed by atoms with Crippen molar-refractivity contribution in [2.24, 2.45) is 0 Å². The highest BCUT2D eigenvalue weighted by Gasteiger charge is 2.20. The van der Waals surface area contributed by atoms with E-state index in [0.717, 1.165) is 28.0 Å². The van der Waals surface area contributed by atoms with Crippen molar-refractivity contribution < 1.29 is 73.4 Å². The summed E-state index contributed by atoms with van der Waals surface area (Å²) in [6.45, 7) is 4.02. The fourth-order valence-electron chi connectivity index (χ4n) is 8.57. The number of benzene rings is 8. The van der Waals surface area contributed by atoms with Gasteiger partial charge in [-0.2, -0.15) is 0 Å². The van der Waals surface area contributed by atoms with Crippen molar-refractivity contribution in [3.05, 3.63) is 278 Å². The summed E-state index contributed by atoms with van der Waals surface area (Å²) in [5.74, 6) is -5.41. The summed E-state index contributed by atoms with van der Waals surface area (Å²) in [6, 6.07) is 54.9. The molecule has 0 heterocycles. The minimum atomic E-state index is -1.16. The highest BCUT2D eigenvalue weighted by atomic mass is 16.5. The number of carboxylic acid groups (broad SMARTS) is 5. The van der Waals surface area contributed by atoms with Gasteiger partial charge < -0.3 is 30.3 Å². The number of carbonyl (C=O) groups excluding carboxylic acids is 4. The molecule has 15 nitrogen and oxygen atoms in total. The van der Waals surface area contributed by atoms with E-state index in [0.29, 0.717) is 37.7 Å². The molecule has 8 aromatic carbocycles. The minimum Gasteiger partial charge on any atom is -0.497 e. The van der Waals surface area contributed by atoms with Gasteiger partial charge in [-0.05, 0) is 104 Å². The van der Waals surface area contributed by atoms with Crippen LogP contribution >= 0.6 is 0 Å². The van der Waals surface area contributed by atoms with Gasteiger partial charge in [0.25, 0.3) is 0 Å². The summed E-state index contributed by atoms with van der Waals surface area (Å²) in [5.41, 5.74) is 7.34. The van der Waals surface area contributed by atoms with Crippen molar-refractivity contribution in [1.82, 2.24) is 0 Å². The number of carbonyl (C=O) groups is 9. The quantitative estimate of drug-likeness (QED) is 0.0395. The van der Waals surface area contributed by atoms with E-state index in [-0.39, 0.29) is 92.5 Å². The Bertz CT molecular complexity index is 3600. The SMILES string of the molecule is COc1ccc(CCC(=O)c2ccccc2C(=O)O)cc1.Cc1ccc(CCC(=O)c2ccccc2C(=O)O)cc1.Cc1cccc(CCC(=O)c2ccccc2C(=O)O)c1.O=C(O)c1ccccc1CCC(=O)c1ccccc1C(=O)O. The standard InChI is InChI=1S/C17H14O5.C17H16O4.2C17H16O3/c18-15(13-7-3-4-8-14(13)17(21)22)10-9-11-5-1-2-6-12(11)16(19)20;1-21-13-9-6-12(7-10-13)8-11-16(18)14-4-2-3-5-15(14)17(19)20;1-12-5-4-6-13(11-12)9-10-16(18)14-7-2-3-8-15(14)17(19)20;1-12-6-8-13(9-7-12)10-11-16(18)14-4-2-3-5-15(14)17(19)20/h1-8H,9-10H2,(H,19,20)(H,21,22);2-7,9-10H,8,11H2,1H3,(H,19,20);2-8,11H,9-10H2,1H3,(H,19,20);2-9H,10-11H2,1H3,(H,19,20). The van der Waals surface area contributed by atoms with Gasteiger partial charge in [-0.1, -0.05) is 163 Å². The van der Waals surface area contributed by atoms with Crippen LogP contribution in [0.5, 0.6) is 5.75 Å². The first-order chi connectivity index (χ1) is 39.8. The second-order valence-electron chi connectivity index (χ2n) is 18.9. The predicted octanol–water partition coefficient (Wildman–Crippen LogP) is 13.1. The van der Waals surface area contributed by atoms with Gasteiger partial charge in [-0.3, -0.25) is 19.2 Å². The van der Waals surface area contributed by atoms with Gasteiger partial charge in [0, 0.05) is 47.9 Å². The average molecular weight is 1120 g/mol. The van der Waals surface area contributed by atoms with Gasteiger partial charge in [0.2, 0.25) is 0 Å². The van der Waals surface area contributed by atoms with E-state index in [2.05, 4.69) is 0 Å². The Balaban J connectivity index is 0.000000203. The highest BCUT2D eigenvalue weighted by Crippen LogP contribution is 2.20. The summed E-state index contributed by atoms with van der Waals surface area (Å²) in [6.07, 6.45) is 3.00. The number of methoxy groups -OCH3 is 1. The maximum absolute atomic E-state index is 12.2. The van der Waals surface area contributed by atoms with Crippen LogP contribution in [0.3, 0.4) is 0 Å². The molecule has 0 radical (unpaired) electrons. The van der Waals surface area contributed by atoms with E-state index >= 15 is 0 Å². The largest absolute Gasteiger partial charge is 0.497 e. The molecule has 0 aliphatic rings. The molecule has 0 spiro atoms. The maximum Gasteiger partial charge on any atom is 0.336 e. The number of aromatic carboxylic acids is 5. The number of ether oxygens (including phenoxy) is 1. The first kappa shape index (κ1) is 63.4. The highest BCUT2D eigenvalue weighted by molar-refractivity contribution is 6.08. The third-order valence-corrected chi connectivity index (χ3v) is 13.0. The Labute approximate surface area is 480 Å². The summed E-state index contributed by atoms with van der Waals surface area (Å²) in [7, 11) is 1.60. The zero-order valence-electron chi connectivity index (χ0n) is 46.0. The third-order valence-electron chi connectivity index (χ3n) is 13.0. The van der Waals surface area contributed by atoms with Crippen LogP contribution in [0.2, 0.25) is 0 Å². The number of hydrogen-bond donors (Lipinski definition) is 5. The lowest BCUT2D eigenvalue weighted by atomic mass is 9.96. The summed E-state index contributed by atoms with van der Waals surface area (Å²) in [4.78, 5) is 104. The molecule has 0 saturated heterocycles. The molecule has 0 unspecified atom stereocenters. The van der Waals surface area contributed by atoms with E-state index in [9.17, 15) is 43.2 Å². The molecule has 8 aromatic rings. The zero-order chi connectivity index (χ0) is 60.4. The van der Waals surface area contributed by atoms with Crippen LogP contribution in [-0.4, -0.2) is 85.6 Å². The Morgan fingerprint density at radius 1 is 0.301 bits per heavy atom. The van der Waals surface area contributed by atoms with E-state index < -0.39 is 29.8 Å². The van der Waals surface area contributed by atoms with Crippen molar-refractivity contribution in [3.8, 4) is 5.75 Å². The number of ketones is 4. The third kappa shape index (κ3) is 19.7. The van der Waals surface area contributed by atoms with Crippen LogP contribution in [0.1, 0.15) is 152 Å². The second kappa shape index (κ2) is 32.0. The smallest absolute Gasteiger partial charge is 0.336 e. The maximum atomic E-state index is 12.2. The fourth-order valence-corrected chi connectivity index (χ4v) is 8.57. The first-order valence-corrected chi connectivity index (χ1v) is 26.2. The monoisotopic (exact) mass is 1120 g/mol. The van der Waals surface area contributed by atoms with Crippen LogP contribution in [0.15, 0.2) is 194 Å². The molecule has 0 saturated carbocycles. The van der Waals surface area contributed by atoms with E-state index in [1.807, 2.05) is 86.6 Å². The number of rotatable bonds is 22. The van der Waals surface area contributed by atoms with Crippen LogP contribution in [0.4, 0.5) is 0 Å². The molecule has 0 aliphatic heterocycles. The number of hydrogen-bond acceptors (Lipinski definition) is 10. The van der Waals surface area contributed by atoms with Gasteiger partial charge >= 0.3 is 29.8 Å². The van der Waals surface area contributed by atoms with Crippen molar-refractivity contribution in [2.75, 3.05) is 7.11 Å². The Morgan fingerprint density at radius 2 is 0.602 bits per heavy atom. The Kier molecular flexibility index (Phi) is 24.4. The molecular formula is C68H62O15. The number of Topliss-reactive ketones (excluding diaryl/α,β-unsaturated/α-hetero) is 4. The van der Waals surface area contributed by atoms with Gasteiger partial charge in [0.1, 0.15) is 5.75 Å². The molecule has 8 rings (SSSR count). The molecule has 15 heteroatoms. The molecule has 0 aliphatic carbocycles. The molecule has 5 N–H and O–H groups in total. The molecule has 83 heavy (non-hydrogen) atoms. The van der Waals surface area contributed by atoms with Crippen molar-refractivity contribution >= 4 is 53.0 Å². The molecule has 0 bridgehead atoms. The van der Waals surface area contributed by atoms with Gasteiger partial charge in [-0.25, -0.2) is 24.0 Å². The molecule has 0 fully saturated rings. The van der Waals surface area contributed by atoms with Crippen molar-refractivity contribution in [1.29, 1.82) is 0 Å². The van der Waals surface area contributed by atoms with Crippen LogP contribution in [0, 0.1) is 13.8 Å². The number of carboxylic acids is 5. The van der Waals surface area contributed by atoms with E-state index in [4.69, 9.17) is 30.3 Å². The van der Waals surface area contributed by atoms with Gasteiger partial charge in [0.15, 0.2) is 23.1 Å². The lowest BCUT2D eigenvalue weighted by Gasteiger charge is -2.07. The molecule has 424 valence electrons. The lowest BCUT2D eigenvalue weighted by molar-refractivity contribution is 0.0683. The van der Waals surface area contributed by atoms with Crippen molar-refractivity contribution in [2.45, 2.75) is 65.2 Å². The number of aryl methyl sites for hydroxylation is 6. The van der Waals surface area contributed by atoms with Crippen molar-refractivity contribution in [3.63, 3.8) is 0 Å². The predicted molar refractivity (Wildman–Crippen MR) is 313 cm³/mol. The minimum absolute atomic E-state index is 0.0426. The lowest BCUT2D eigenvalue weighted by Crippen LogP contribution is -2.10. The molecule has 0 atom stereocenters.